The first-order valence-electron chi connectivity index (χ1n) is 8.18. The summed E-state index contributed by atoms with van der Waals surface area (Å²) in [6, 6.07) is 7.65. The smallest absolute Gasteiger partial charge is 0.225 e. The third-order valence-electron chi connectivity index (χ3n) is 4.16. The molecule has 1 aromatic carbocycles. The number of hydrogen-bond acceptors (Lipinski definition) is 3. The molecule has 1 aliphatic heterocycles. The second-order valence-electron chi connectivity index (χ2n) is 6.46. The standard InChI is InChI=1S/C18H26N2O3/c1-13(2)8-9-19-18(22)15-10-17(21)20(12-15)11-14-6-4-5-7-16(14)23-3/h4-7,13,15H,8-12H2,1-3H3,(H,19,22). The third-order valence-corrected chi connectivity index (χ3v) is 4.16. The minimum atomic E-state index is -0.246. The Hall–Kier alpha value is -2.04. The predicted octanol–water partition coefficient (Wildman–Crippen LogP) is 2.21. The Morgan fingerprint density at radius 2 is 2.13 bits per heavy atom. The van der Waals surface area contributed by atoms with E-state index in [1.165, 1.54) is 0 Å². The molecule has 1 N–H and O–H groups in total. The van der Waals surface area contributed by atoms with Gasteiger partial charge in [0.25, 0.3) is 0 Å². The minimum Gasteiger partial charge on any atom is -0.496 e. The average Bonchev–Trinajstić information content (AvgIpc) is 2.88. The monoisotopic (exact) mass is 318 g/mol. The molecule has 2 amide bonds. The summed E-state index contributed by atoms with van der Waals surface area (Å²) in [6.07, 6.45) is 1.25. The van der Waals surface area contributed by atoms with Gasteiger partial charge in [-0.3, -0.25) is 9.59 Å². The maximum absolute atomic E-state index is 12.2. The molecule has 1 atom stereocenters. The summed E-state index contributed by atoms with van der Waals surface area (Å²) in [5.74, 6) is 1.10. The van der Waals surface area contributed by atoms with Crippen LogP contribution in [0.15, 0.2) is 24.3 Å². The highest BCUT2D eigenvalue weighted by atomic mass is 16.5. The number of rotatable bonds is 7. The van der Waals surface area contributed by atoms with E-state index in [4.69, 9.17) is 4.74 Å². The van der Waals surface area contributed by atoms with Crippen molar-refractivity contribution in [3.8, 4) is 5.75 Å². The zero-order valence-corrected chi connectivity index (χ0v) is 14.2. The second-order valence-corrected chi connectivity index (χ2v) is 6.46. The van der Waals surface area contributed by atoms with Crippen LogP contribution in [0, 0.1) is 11.8 Å². The molecule has 1 aromatic rings. The first kappa shape index (κ1) is 17.3. The number of hydrogen-bond donors (Lipinski definition) is 1. The second kappa shape index (κ2) is 7.99. The fraction of sp³-hybridized carbons (Fsp3) is 0.556. The molecule has 0 aliphatic carbocycles. The summed E-state index contributed by atoms with van der Waals surface area (Å²) in [4.78, 5) is 26.1. The van der Waals surface area contributed by atoms with E-state index in [1.54, 1.807) is 12.0 Å². The van der Waals surface area contributed by atoms with Gasteiger partial charge in [0.1, 0.15) is 5.75 Å². The third kappa shape index (κ3) is 4.71. The van der Waals surface area contributed by atoms with Gasteiger partial charge in [-0.15, -0.1) is 0 Å². The van der Waals surface area contributed by atoms with E-state index in [9.17, 15) is 9.59 Å². The Labute approximate surface area is 138 Å². The van der Waals surface area contributed by atoms with Gasteiger partial charge in [0.05, 0.1) is 13.0 Å². The SMILES string of the molecule is COc1ccccc1CN1CC(C(=O)NCCC(C)C)CC1=O. The molecule has 1 heterocycles. The zero-order chi connectivity index (χ0) is 16.8. The van der Waals surface area contributed by atoms with E-state index in [-0.39, 0.29) is 17.7 Å². The van der Waals surface area contributed by atoms with Gasteiger partial charge in [-0.1, -0.05) is 32.0 Å². The Morgan fingerprint density at radius 1 is 1.39 bits per heavy atom. The molecule has 0 radical (unpaired) electrons. The fourth-order valence-corrected chi connectivity index (χ4v) is 2.77. The normalized spacial score (nSPS) is 17.7. The van der Waals surface area contributed by atoms with E-state index in [1.807, 2.05) is 24.3 Å². The number of para-hydroxylation sites is 1. The summed E-state index contributed by atoms with van der Waals surface area (Å²) in [7, 11) is 1.62. The number of methoxy groups -OCH3 is 1. The van der Waals surface area contributed by atoms with Crippen molar-refractivity contribution in [3.05, 3.63) is 29.8 Å². The topological polar surface area (TPSA) is 58.6 Å². The molecule has 0 spiro atoms. The van der Waals surface area contributed by atoms with Crippen LogP contribution in [0.25, 0.3) is 0 Å². The van der Waals surface area contributed by atoms with Crippen LogP contribution in [-0.4, -0.2) is 36.9 Å². The molecule has 0 saturated carbocycles. The average molecular weight is 318 g/mol. The lowest BCUT2D eigenvalue weighted by atomic mass is 10.1. The molecular weight excluding hydrogens is 292 g/mol. The lowest BCUT2D eigenvalue weighted by Gasteiger charge is -2.18. The van der Waals surface area contributed by atoms with Crippen molar-refractivity contribution in [2.75, 3.05) is 20.2 Å². The van der Waals surface area contributed by atoms with Gasteiger partial charge in [0.2, 0.25) is 11.8 Å². The van der Waals surface area contributed by atoms with Crippen LogP contribution in [0.4, 0.5) is 0 Å². The zero-order valence-electron chi connectivity index (χ0n) is 14.2. The van der Waals surface area contributed by atoms with E-state index in [0.717, 1.165) is 17.7 Å². The highest BCUT2D eigenvalue weighted by Crippen LogP contribution is 2.24. The van der Waals surface area contributed by atoms with Crippen molar-refractivity contribution in [3.63, 3.8) is 0 Å². The summed E-state index contributed by atoms with van der Waals surface area (Å²) >= 11 is 0. The first-order chi connectivity index (χ1) is 11.0. The molecule has 0 bridgehead atoms. The van der Waals surface area contributed by atoms with Crippen LogP contribution >= 0.6 is 0 Å². The molecule has 1 aliphatic rings. The molecule has 2 rings (SSSR count). The molecule has 5 nitrogen and oxygen atoms in total. The fourth-order valence-electron chi connectivity index (χ4n) is 2.77. The van der Waals surface area contributed by atoms with Gasteiger partial charge in [-0.25, -0.2) is 0 Å². The van der Waals surface area contributed by atoms with E-state index < -0.39 is 0 Å². The van der Waals surface area contributed by atoms with Crippen LogP contribution in [0.3, 0.4) is 0 Å². The van der Waals surface area contributed by atoms with Crippen molar-refractivity contribution in [1.29, 1.82) is 0 Å². The number of ether oxygens (including phenoxy) is 1. The summed E-state index contributed by atoms with van der Waals surface area (Å²) in [6.45, 7) is 5.89. The van der Waals surface area contributed by atoms with E-state index >= 15 is 0 Å². The van der Waals surface area contributed by atoms with Crippen LogP contribution in [0.1, 0.15) is 32.3 Å². The maximum atomic E-state index is 12.2. The lowest BCUT2D eigenvalue weighted by Crippen LogP contribution is -2.33. The van der Waals surface area contributed by atoms with Crippen molar-refractivity contribution < 1.29 is 14.3 Å². The maximum Gasteiger partial charge on any atom is 0.225 e. The van der Waals surface area contributed by atoms with Gasteiger partial charge in [-0.2, -0.15) is 0 Å². The van der Waals surface area contributed by atoms with Gasteiger partial charge in [0.15, 0.2) is 0 Å². The number of benzene rings is 1. The number of nitrogens with zero attached hydrogens (tertiary/aromatic N) is 1. The van der Waals surface area contributed by atoms with E-state index in [2.05, 4.69) is 19.2 Å². The van der Waals surface area contributed by atoms with Crippen molar-refractivity contribution in [1.82, 2.24) is 10.2 Å². The van der Waals surface area contributed by atoms with E-state index in [0.29, 0.717) is 32.0 Å². The summed E-state index contributed by atoms with van der Waals surface area (Å²) < 4.78 is 5.32. The predicted molar refractivity (Wildman–Crippen MR) is 89.0 cm³/mol. The molecule has 23 heavy (non-hydrogen) atoms. The summed E-state index contributed by atoms with van der Waals surface area (Å²) in [5, 5.41) is 2.94. The highest BCUT2D eigenvalue weighted by Gasteiger charge is 2.34. The largest absolute Gasteiger partial charge is 0.496 e. The summed E-state index contributed by atoms with van der Waals surface area (Å²) in [5.41, 5.74) is 0.962. The van der Waals surface area contributed by atoms with Crippen LogP contribution < -0.4 is 10.1 Å². The minimum absolute atomic E-state index is 0.0125. The lowest BCUT2D eigenvalue weighted by molar-refractivity contribution is -0.129. The first-order valence-corrected chi connectivity index (χ1v) is 8.18. The Balaban J connectivity index is 1.91. The highest BCUT2D eigenvalue weighted by molar-refractivity contribution is 5.89. The molecule has 1 unspecified atom stereocenters. The number of carbonyl (C=O) groups is 2. The van der Waals surface area contributed by atoms with Crippen molar-refractivity contribution >= 4 is 11.8 Å². The van der Waals surface area contributed by atoms with Gasteiger partial charge < -0.3 is 15.0 Å². The number of amides is 2. The van der Waals surface area contributed by atoms with Crippen LogP contribution in [-0.2, 0) is 16.1 Å². The number of nitrogens with one attached hydrogen (secondary N) is 1. The molecule has 1 fully saturated rings. The quantitative estimate of drug-likeness (QED) is 0.838. The molecular formula is C18H26N2O3. The molecule has 126 valence electrons. The van der Waals surface area contributed by atoms with Gasteiger partial charge in [-0.05, 0) is 18.4 Å². The van der Waals surface area contributed by atoms with Crippen LogP contribution in [0.2, 0.25) is 0 Å². The van der Waals surface area contributed by atoms with Gasteiger partial charge >= 0.3 is 0 Å². The number of carbonyl (C=O) groups excluding carboxylic acids is 2. The van der Waals surface area contributed by atoms with Crippen molar-refractivity contribution in [2.45, 2.75) is 33.2 Å². The van der Waals surface area contributed by atoms with Crippen LogP contribution in [0.5, 0.6) is 5.75 Å². The van der Waals surface area contributed by atoms with Gasteiger partial charge in [0, 0.05) is 31.6 Å². The van der Waals surface area contributed by atoms with Crippen molar-refractivity contribution in [2.24, 2.45) is 11.8 Å². The molecule has 5 heteroatoms. The molecule has 0 aromatic heterocycles. The Morgan fingerprint density at radius 3 is 2.83 bits per heavy atom. The Bertz CT molecular complexity index is 557. The number of likely N-dealkylation sites (tertiary alicyclic amines) is 1. The molecule has 1 saturated heterocycles. The Kier molecular flexibility index (Phi) is 6.02.